The molecule has 0 aromatic heterocycles. The smallest absolute Gasteiger partial charge is 0.228 e. The van der Waals surface area contributed by atoms with E-state index in [0.717, 1.165) is 43.1 Å². The van der Waals surface area contributed by atoms with Gasteiger partial charge in [-0.05, 0) is 24.5 Å². The van der Waals surface area contributed by atoms with Crippen molar-refractivity contribution in [1.29, 1.82) is 0 Å². The second-order valence-corrected chi connectivity index (χ2v) is 5.47. The van der Waals surface area contributed by atoms with Gasteiger partial charge in [0.05, 0.1) is 12.0 Å². The topological polar surface area (TPSA) is 32.3 Å². The van der Waals surface area contributed by atoms with E-state index in [1.54, 1.807) is 0 Å². The minimum atomic E-state index is 0.173. The van der Waals surface area contributed by atoms with Crippen LogP contribution in [0.4, 0.5) is 0 Å². The molecule has 0 bridgehead atoms. The van der Waals surface area contributed by atoms with Crippen molar-refractivity contribution < 1.29 is 4.79 Å². The summed E-state index contributed by atoms with van der Waals surface area (Å²) in [4.78, 5) is 14.4. The predicted octanol–water partition coefficient (Wildman–Crippen LogP) is 2.22. The highest BCUT2D eigenvalue weighted by atomic mass is 35.5. The third kappa shape index (κ3) is 2.02. The fraction of sp³-hybridized carbons (Fsp3) is 0.500. The first-order chi connectivity index (χ1) is 8.77. The number of carbonyl (C=O) groups excluding carboxylic acids is 1. The van der Waals surface area contributed by atoms with Gasteiger partial charge in [0.2, 0.25) is 5.91 Å². The lowest BCUT2D eigenvalue weighted by molar-refractivity contribution is -0.138. The monoisotopic (exact) mass is 264 g/mol. The molecule has 1 N–H and O–H groups in total. The normalized spacial score (nSPS) is 24.1. The number of carbonyl (C=O) groups is 1. The van der Waals surface area contributed by atoms with Crippen molar-refractivity contribution >= 4 is 17.5 Å². The number of halogens is 1. The second-order valence-electron chi connectivity index (χ2n) is 5.07. The first kappa shape index (κ1) is 12.0. The number of likely N-dealkylation sites (tertiary alicyclic amines) is 1. The Balaban J connectivity index is 1.82. The van der Waals surface area contributed by atoms with E-state index >= 15 is 0 Å². The minimum absolute atomic E-state index is 0.173. The van der Waals surface area contributed by atoms with Crippen LogP contribution in [0.25, 0.3) is 0 Å². The van der Waals surface area contributed by atoms with Gasteiger partial charge in [0.25, 0.3) is 0 Å². The molecule has 0 aliphatic carbocycles. The Hall–Kier alpha value is -1.06. The summed E-state index contributed by atoms with van der Waals surface area (Å²) in [6.07, 6.45) is 2.09. The van der Waals surface area contributed by atoms with E-state index in [1.165, 1.54) is 0 Å². The Morgan fingerprint density at radius 3 is 2.78 bits per heavy atom. The molecular formula is C14H17ClN2O. The first-order valence-electron chi connectivity index (χ1n) is 6.53. The molecule has 1 atom stereocenters. The predicted molar refractivity (Wildman–Crippen MR) is 71.5 cm³/mol. The van der Waals surface area contributed by atoms with Gasteiger partial charge in [0, 0.05) is 24.7 Å². The van der Waals surface area contributed by atoms with Crippen LogP contribution in [0.15, 0.2) is 24.3 Å². The average Bonchev–Trinajstić information content (AvgIpc) is 2.76. The van der Waals surface area contributed by atoms with Crippen LogP contribution >= 0.6 is 11.6 Å². The number of rotatable bonds is 2. The molecule has 18 heavy (non-hydrogen) atoms. The Bertz CT molecular complexity index is 459. The van der Waals surface area contributed by atoms with Crippen molar-refractivity contribution in [3.8, 4) is 0 Å². The van der Waals surface area contributed by atoms with Crippen LogP contribution in [0.5, 0.6) is 0 Å². The molecule has 3 nitrogen and oxygen atoms in total. The molecule has 0 spiro atoms. The Labute approximate surface area is 112 Å². The Morgan fingerprint density at radius 2 is 2.11 bits per heavy atom. The molecule has 1 unspecified atom stereocenters. The van der Waals surface area contributed by atoms with Gasteiger partial charge in [0.15, 0.2) is 0 Å². The SMILES string of the molecule is O=C(C1CNC1)N1CCCC1c1ccccc1Cl. The van der Waals surface area contributed by atoms with E-state index < -0.39 is 0 Å². The average molecular weight is 265 g/mol. The fourth-order valence-corrected chi connectivity index (χ4v) is 3.06. The van der Waals surface area contributed by atoms with Gasteiger partial charge in [0.1, 0.15) is 0 Å². The summed E-state index contributed by atoms with van der Waals surface area (Å²) in [6.45, 7) is 2.51. The van der Waals surface area contributed by atoms with Gasteiger partial charge in [-0.15, -0.1) is 0 Å². The zero-order chi connectivity index (χ0) is 12.5. The molecule has 3 rings (SSSR count). The Kier molecular flexibility index (Phi) is 3.27. The number of amides is 1. The van der Waals surface area contributed by atoms with Gasteiger partial charge in [-0.1, -0.05) is 29.8 Å². The molecule has 2 fully saturated rings. The summed E-state index contributed by atoms with van der Waals surface area (Å²) in [7, 11) is 0. The lowest BCUT2D eigenvalue weighted by Crippen LogP contribution is -2.51. The first-order valence-corrected chi connectivity index (χ1v) is 6.91. The standard InChI is InChI=1S/C14H17ClN2O/c15-12-5-2-1-4-11(12)13-6-3-7-17(13)14(18)10-8-16-9-10/h1-2,4-5,10,13,16H,3,6-9H2. The Morgan fingerprint density at radius 1 is 1.33 bits per heavy atom. The minimum Gasteiger partial charge on any atom is -0.335 e. The van der Waals surface area contributed by atoms with Crippen LogP contribution in [0, 0.1) is 5.92 Å². The fourth-order valence-electron chi connectivity index (χ4n) is 2.80. The van der Waals surface area contributed by atoms with Gasteiger partial charge in [-0.3, -0.25) is 4.79 Å². The number of nitrogens with one attached hydrogen (secondary N) is 1. The van der Waals surface area contributed by atoms with Crippen molar-refractivity contribution in [3.05, 3.63) is 34.9 Å². The summed E-state index contributed by atoms with van der Waals surface area (Å²) in [5, 5.41) is 3.93. The van der Waals surface area contributed by atoms with E-state index in [2.05, 4.69) is 5.32 Å². The highest BCUT2D eigenvalue weighted by Gasteiger charge is 2.36. The number of hydrogen-bond donors (Lipinski definition) is 1. The van der Waals surface area contributed by atoms with Crippen LogP contribution in [-0.2, 0) is 4.79 Å². The molecule has 2 saturated heterocycles. The van der Waals surface area contributed by atoms with Gasteiger partial charge >= 0.3 is 0 Å². The number of nitrogens with zero attached hydrogens (tertiary/aromatic N) is 1. The maximum absolute atomic E-state index is 12.4. The van der Waals surface area contributed by atoms with E-state index in [9.17, 15) is 4.79 Å². The molecule has 1 aromatic rings. The van der Waals surface area contributed by atoms with Crippen molar-refractivity contribution in [2.45, 2.75) is 18.9 Å². The number of hydrogen-bond acceptors (Lipinski definition) is 2. The van der Waals surface area contributed by atoms with E-state index in [0.29, 0.717) is 0 Å². The third-order valence-corrected chi connectivity index (χ3v) is 4.28. The van der Waals surface area contributed by atoms with Crippen LogP contribution < -0.4 is 5.32 Å². The van der Waals surface area contributed by atoms with Gasteiger partial charge in [-0.2, -0.15) is 0 Å². The van der Waals surface area contributed by atoms with Gasteiger partial charge < -0.3 is 10.2 Å². The summed E-state index contributed by atoms with van der Waals surface area (Å²) in [6, 6.07) is 8.04. The highest BCUT2D eigenvalue weighted by Crippen LogP contribution is 2.36. The van der Waals surface area contributed by atoms with Crippen molar-refractivity contribution in [3.63, 3.8) is 0 Å². The van der Waals surface area contributed by atoms with Crippen LogP contribution in [0.2, 0.25) is 5.02 Å². The lowest BCUT2D eigenvalue weighted by atomic mass is 9.99. The summed E-state index contributed by atoms with van der Waals surface area (Å²) >= 11 is 6.25. The van der Waals surface area contributed by atoms with Crippen LogP contribution in [-0.4, -0.2) is 30.4 Å². The summed E-state index contributed by atoms with van der Waals surface area (Å²) < 4.78 is 0. The van der Waals surface area contributed by atoms with Gasteiger partial charge in [-0.25, -0.2) is 0 Å². The maximum Gasteiger partial charge on any atom is 0.228 e. The molecular weight excluding hydrogens is 248 g/mol. The van der Waals surface area contributed by atoms with E-state index in [1.807, 2.05) is 29.2 Å². The summed E-state index contributed by atoms with van der Waals surface area (Å²) in [5.74, 6) is 0.462. The quantitative estimate of drug-likeness (QED) is 0.888. The maximum atomic E-state index is 12.4. The third-order valence-electron chi connectivity index (χ3n) is 3.93. The van der Waals surface area contributed by atoms with Crippen molar-refractivity contribution in [1.82, 2.24) is 10.2 Å². The van der Waals surface area contributed by atoms with E-state index in [-0.39, 0.29) is 17.9 Å². The second kappa shape index (κ2) is 4.90. The molecule has 2 aliphatic heterocycles. The molecule has 4 heteroatoms. The summed E-state index contributed by atoms with van der Waals surface area (Å²) in [5.41, 5.74) is 1.09. The van der Waals surface area contributed by atoms with Crippen LogP contribution in [0.1, 0.15) is 24.4 Å². The van der Waals surface area contributed by atoms with Crippen molar-refractivity contribution in [2.75, 3.05) is 19.6 Å². The zero-order valence-corrected chi connectivity index (χ0v) is 11.0. The van der Waals surface area contributed by atoms with Crippen molar-refractivity contribution in [2.24, 2.45) is 5.92 Å². The van der Waals surface area contributed by atoms with Crippen LogP contribution in [0.3, 0.4) is 0 Å². The zero-order valence-electron chi connectivity index (χ0n) is 10.2. The molecule has 0 radical (unpaired) electrons. The molecule has 0 saturated carbocycles. The molecule has 1 aromatic carbocycles. The molecule has 1 amide bonds. The largest absolute Gasteiger partial charge is 0.335 e. The molecule has 96 valence electrons. The highest BCUT2D eigenvalue weighted by molar-refractivity contribution is 6.31. The lowest BCUT2D eigenvalue weighted by Gasteiger charge is -2.33. The molecule has 2 heterocycles. The number of benzene rings is 1. The molecule has 2 aliphatic rings. The van der Waals surface area contributed by atoms with E-state index in [4.69, 9.17) is 11.6 Å².